The summed E-state index contributed by atoms with van der Waals surface area (Å²) in [6, 6.07) is 2.66. The second kappa shape index (κ2) is 7.61. The van der Waals surface area contributed by atoms with Crippen molar-refractivity contribution in [2.75, 3.05) is 25.6 Å². The van der Waals surface area contributed by atoms with Crippen molar-refractivity contribution >= 4 is 17.7 Å². The highest BCUT2D eigenvalue weighted by Crippen LogP contribution is 2.18. The summed E-state index contributed by atoms with van der Waals surface area (Å²) in [5.41, 5.74) is -0.00541. The van der Waals surface area contributed by atoms with Crippen LogP contribution in [0.4, 0.5) is 14.9 Å². The molecule has 0 unspecified atom stereocenters. The molecular weight excluding hydrogens is 303 g/mol. The first-order valence-electron chi connectivity index (χ1n) is 7.04. The minimum atomic E-state index is -0.785. The number of rotatable bonds is 4. The number of anilines is 1. The maximum absolute atomic E-state index is 13.8. The van der Waals surface area contributed by atoms with E-state index in [4.69, 9.17) is 11.2 Å². The monoisotopic (exact) mass is 320 g/mol. The van der Waals surface area contributed by atoms with E-state index in [1.165, 1.54) is 12.1 Å². The highest BCUT2D eigenvalue weighted by molar-refractivity contribution is 5.92. The van der Waals surface area contributed by atoms with Crippen molar-refractivity contribution < 1.29 is 23.5 Å². The molecule has 1 aliphatic heterocycles. The fourth-order valence-electron chi connectivity index (χ4n) is 2.29. The number of carbonyl (C=O) groups is 2. The summed E-state index contributed by atoms with van der Waals surface area (Å²) in [5.74, 6) is 1.01. The summed E-state index contributed by atoms with van der Waals surface area (Å²) in [4.78, 5) is 23.3. The molecule has 0 radical (unpaired) electrons. The zero-order valence-corrected chi connectivity index (χ0v) is 12.6. The lowest BCUT2D eigenvalue weighted by Crippen LogP contribution is -2.42. The Morgan fingerprint density at radius 3 is 2.87 bits per heavy atom. The number of esters is 1. The lowest BCUT2D eigenvalue weighted by molar-refractivity contribution is 0.0595. The maximum atomic E-state index is 13.8. The third-order valence-electron chi connectivity index (χ3n) is 3.53. The van der Waals surface area contributed by atoms with E-state index in [1.54, 1.807) is 0 Å². The first-order valence-corrected chi connectivity index (χ1v) is 7.04. The van der Waals surface area contributed by atoms with Gasteiger partial charge in [0.05, 0.1) is 25.3 Å². The number of amides is 2. The molecule has 6 nitrogen and oxygen atoms in total. The molecule has 0 aromatic heterocycles. The Morgan fingerprint density at radius 1 is 1.52 bits per heavy atom. The van der Waals surface area contributed by atoms with E-state index in [1.807, 2.05) is 0 Å². The maximum Gasteiger partial charge on any atom is 0.340 e. The molecule has 2 N–H and O–H groups in total. The average molecular weight is 320 g/mol. The molecule has 0 saturated carbocycles. The van der Waals surface area contributed by atoms with Crippen LogP contribution in [0.1, 0.15) is 16.8 Å². The van der Waals surface area contributed by atoms with Gasteiger partial charge in [-0.15, -0.1) is 6.42 Å². The molecule has 2 rings (SSSR count). The molecule has 2 amide bonds. The molecule has 2 atom stereocenters. The predicted octanol–water partition coefficient (Wildman–Crippen LogP) is 1.77. The molecule has 7 heteroatoms. The summed E-state index contributed by atoms with van der Waals surface area (Å²) in [6.07, 6.45) is 6.20. The molecule has 0 spiro atoms. The van der Waals surface area contributed by atoms with Crippen molar-refractivity contribution in [1.29, 1.82) is 0 Å². The molecule has 0 aliphatic carbocycles. The minimum Gasteiger partial charge on any atom is -0.465 e. The van der Waals surface area contributed by atoms with Crippen molar-refractivity contribution in [1.82, 2.24) is 5.32 Å². The van der Waals surface area contributed by atoms with Crippen LogP contribution in [0.5, 0.6) is 0 Å². The number of benzene rings is 1. The number of ether oxygens (including phenoxy) is 2. The van der Waals surface area contributed by atoms with Gasteiger partial charge in [0.1, 0.15) is 5.82 Å². The molecule has 122 valence electrons. The van der Waals surface area contributed by atoms with Crippen molar-refractivity contribution in [2.24, 2.45) is 5.92 Å². The predicted molar refractivity (Wildman–Crippen MR) is 81.4 cm³/mol. The highest BCUT2D eigenvalue weighted by atomic mass is 19.1. The summed E-state index contributed by atoms with van der Waals surface area (Å²) in [5, 5.41) is 5.12. The Labute approximate surface area is 133 Å². The van der Waals surface area contributed by atoms with Crippen LogP contribution < -0.4 is 10.6 Å². The number of terminal acetylenes is 1. The van der Waals surface area contributed by atoms with Crippen LogP contribution in [0.3, 0.4) is 0 Å². The van der Waals surface area contributed by atoms with Crippen LogP contribution in [0.2, 0.25) is 0 Å². The number of carbonyl (C=O) groups excluding carboxylic acids is 2. The van der Waals surface area contributed by atoms with Gasteiger partial charge in [-0.25, -0.2) is 14.0 Å². The molecule has 1 heterocycles. The van der Waals surface area contributed by atoms with Crippen LogP contribution in [0, 0.1) is 24.1 Å². The first kappa shape index (κ1) is 16.8. The largest absolute Gasteiger partial charge is 0.465 e. The zero-order valence-electron chi connectivity index (χ0n) is 12.6. The van der Waals surface area contributed by atoms with Crippen molar-refractivity contribution in [2.45, 2.75) is 12.5 Å². The summed E-state index contributed by atoms with van der Waals surface area (Å²) in [7, 11) is 1.16. The molecular formula is C16H17FN2O4. The number of hydrogen-bond donors (Lipinski definition) is 2. The summed E-state index contributed by atoms with van der Waals surface area (Å²) >= 11 is 0. The highest BCUT2D eigenvalue weighted by Gasteiger charge is 2.25. The van der Waals surface area contributed by atoms with Gasteiger partial charge in [-0.1, -0.05) is 5.92 Å². The van der Waals surface area contributed by atoms with Gasteiger partial charge in [0.2, 0.25) is 0 Å². The van der Waals surface area contributed by atoms with E-state index in [9.17, 15) is 14.0 Å². The van der Waals surface area contributed by atoms with Gasteiger partial charge >= 0.3 is 12.0 Å². The van der Waals surface area contributed by atoms with Crippen LogP contribution in [0.25, 0.3) is 0 Å². The Bertz CT molecular complexity index is 635. The molecule has 0 bridgehead atoms. The normalized spacial score (nSPS) is 17.9. The van der Waals surface area contributed by atoms with Crippen molar-refractivity contribution in [3.63, 3.8) is 0 Å². The van der Waals surface area contributed by atoms with Crippen LogP contribution in [-0.4, -0.2) is 38.4 Å². The quantitative estimate of drug-likeness (QED) is 0.655. The smallest absolute Gasteiger partial charge is 0.340 e. The lowest BCUT2D eigenvalue weighted by Gasteiger charge is -2.18. The Hall–Kier alpha value is -2.59. The van der Waals surface area contributed by atoms with Gasteiger partial charge in [0.15, 0.2) is 0 Å². The van der Waals surface area contributed by atoms with E-state index >= 15 is 0 Å². The van der Waals surface area contributed by atoms with Crippen molar-refractivity contribution in [3.05, 3.63) is 29.6 Å². The van der Waals surface area contributed by atoms with E-state index in [2.05, 4.69) is 21.3 Å². The standard InChI is InChI=1S/C16H17FN2O4/c1-3-14(10-6-7-23-9-10)19-16(21)18-11-4-5-12(13(17)8-11)15(20)22-2/h1,4-5,8,10,14H,6-7,9H2,2H3,(H2,18,19,21)/t10-,14+/m1/s1. The molecule has 1 aromatic rings. The van der Waals surface area contributed by atoms with Crippen LogP contribution in [0.15, 0.2) is 18.2 Å². The Morgan fingerprint density at radius 2 is 2.30 bits per heavy atom. The second-order valence-corrected chi connectivity index (χ2v) is 5.05. The van der Waals surface area contributed by atoms with Gasteiger partial charge in [0, 0.05) is 18.2 Å². The number of halogens is 1. The zero-order chi connectivity index (χ0) is 16.8. The van der Waals surface area contributed by atoms with Crippen molar-refractivity contribution in [3.8, 4) is 12.3 Å². The minimum absolute atomic E-state index is 0.0594. The number of urea groups is 1. The SMILES string of the molecule is C#C[C@H](NC(=O)Nc1ccc(C(=O)OC)c(F)c1)[C@@H]1CCOC1. The molecule has 1 aliphatic rings. The summed E-state index contributed by atoms with van der Waals surface area (Å²) in [6.45, 7) is 1.12. The summed E-state index contributed by atoms with van der Waals surface area (Å²) < 4.78 is 23.5. The molecule has 1 fully saturated rings. The first-order chi connectivity index (χ1) is 11.0. The van der Waals surface area contributed by atoms with Gasteiger partial charge < -0.3 is 20.1 Å². The second-order valence-electron chi connectivity index (χ2n) is 5.05. The van der Waals surface area contributed by atoms with E-state index < -0.39 is 23.9 Å². The number of methoxy groups -OCH3 is 1. The van der Waals surface area contributed by atoms with Gasteiger partial charge in [-0.3, -0.25) is 0 Å². The number of hydrogen-bond acceptors (Lipinski definition) is 4. The van der Waals surface area contributed by atoms with Gasteiger partial charge in [0.25, 0.3) is 0 Å². The number of nitrogens with one attached hydrogen (secondary N) is 2. The fourth-order valence-corrected chi connectivity index (χ4v) is 2.29. The van der Waals surface area contributed by atoms with E-state index in [0.717, 1.165) is 19.6 Å². The Balaban J connectivity index is 1.98. The topological polar surface area (TPSA) is 76.7 Å². The Kier molecular flexibility index (Phi) is 5.55. The molecule has 1 saturated heterocycles. The molecule has 1 aromatic carbocycles. The van der Waals surface area contributed by atoms with Gasteiger partial charge in [-0.05, 0) is 24.6 Å². The van der Waals surface area contributed by atoms with Crippen LogP contribution >= 0.6 is 0 Å². The van der Waals surface area contributed by atoms with E-state index in [-0.39, 0.29) is 17.2 Å². The lowest BCUT2D eigenvalue weighted by atomic mass is 10.00. The fraction of sp³-hybridized carbons (Fsp3) is 0.375. The average Bonchev–Trinajstić information content (AvgIpc) is 3.06. The van der Waals surface area contributed by atoms with E-state index in [0.29, 0.717) is 13.2 Å². The third kappa shape index (κ3) is 4.20. The van der Waals surface area contributed by atoms with Gasteiger partial charge in [-0.2, -0.15) is 0 Å². The van der Waals surface area contributed by atoms with Crippen LogP contribution in [-0.2, 0) is 9.47 Å². The third-order valence-corrected chi connectivity index (χ3v) is 3.53. The molecule has 23 heavy (non-hydrogen) atoms.